The molecule has 12 heteroatoms. The molecule has 12 nitrogen and oxygen atoms in total. The lowest BCUT2D eigenvalue weighted by Crippen LogP contribution is -2.63. The first-order chi connectivity index (χ1) is 23.4. The summed E-state index contributed by atoms with van der Waals surface area (Å²) in [5.74, 6) is -2.84. The molecule has 4 aliphatic rings. The van der Waals surface area contributed by atoms with Gasteiger partial charge in [-0.2, -0.15) is 0 Å². The summed E-state index contributed by atoms with van der Waals surface area (Å²) in [6.07, 6.45) is 12.9. The van der Waals surface area contributed by atoms with Gasteiger partial charge in [0.2, 0.25) is 23.5 Å². The first-order valence-electron chi connectivity index (χ1n) is 18.6. The molecule has 0 radical (unpaired) electrons. The maximum atomic E-state index is 14.8. The number of nitrogens with zero attached hydrogens (tertiary/aromatic N) is 1. The number of aromatic nitrogens is 1. The van der Waals surface area contributed by atoms with Gasteiger partial charge in [0.15, 0.2) is 0 Å². The van der Waals surface area contributed by atoms with Gasteiger partial charge in [0.1, 0.15) is 23.8 Å². The number of hydrogen-bond acceptors (Lipinski definition) is 6. The molecule has 270 valence electrons. The van der Waals surface area contributed by atoms with Crippen LogP contribution in [0.1, 0.15) is 128 Å². The molecular weight excluding hydrogens is 624 g/mol. The zero-order valence-corrected chi connectivity index (χ0v) is 29.6. The van der Waals surface area contributed by atoms with Crippen LogP contribution >= 0.6 is 0 Å². The molecule has 1 aliphatic heterocycles. The van der Waals surface area contributed by atoms with Crippen molar-refractivity contribution in [1.82, 2.24) is 31.2 Å². The third kappa shape index (κ3) is 8.91. The monoisotopic (exact) mass is 680 g/mol. The number of carbonyl (C=O) groups excluding carboxylic acids is 6. The summed E-state index contributed by atoms with van der Waals surface area (Å²) >= 11 is 0. The summed E-state index contributed by atoms with van der Waals surface area (Å²) in [7, 11) is 0. The Morgan fingerprint density at radius 1 is 0.898 bits per heavy atom. The van der Waals surface area contributed by atoms with Crippen molar-refractivity contribution >= 4 is 35.3 Å². The summed E-state index contributed by atoms with van der Waals surface area (Å²) < 4.78 is 0. The molecule has 5 N–H and O–H groups in total. The number of Topliss-reactive ketones (excluding diaryl/α,β-unsaturated/α-hetero) is 1. The lowest BCUT2D eigenvalue weighted by molar-refractivity contribution is -0.147. The molecule has 5 rings (SSSR count). The molecule has 1 saturated heterocycles. The maximum absolute atomic E-state index is 14.8. The third-order valence-electron chi connectivity index (χ3n) is 10.9. The lowest BCUT2D eigenvalue weighted by Gasteiger charge is -2.40. The Morgan fingerprint density at radius 2 is 1.59 bits per heavy atom. The number of hydrogen-bond donors (Lipinski definition) is 5. The number of fused-ring (bicyclic) bond motifs is 1. The van der Waals surface area contributed by atoms with Crippen molar-refractivity contribution < 1.29 is 28.8 Å². The molecule has 3 saturated carbocycles. The largest absolute Gasteiger partial charge is 0.357 e. The smallest absolute Gasteiger partial charge is 0.289 e. The molecule has 6 atom stereocenters. The van der Waals surface area contributed by atoms with E-state index in [4.69, 9.17) is 0 Å². The van der Waals surface area contributed by atoms with Crippen molar-refractivity contribution in [1.29, 1.82) is 0 Å². The second kappa shape index (κ2) is 15.9. The lowest BCUT2D eigenvalue weighted by atomic mass is 9.81. The number of nitrogens with one attached hydrogen (secondary N) is 5. The van der Waals surface area contributed by atoms with E-state index in [-0.39, 0.29) is 35.7 Å². The van der Waals surface area contributed by atoms with Crippen LogP contribution in [0.4, 0.5) is 0 Å². The minimum absolute atomic E-state index is 0.0181. The summed E-state index contributed by atoms with van der Waals surface area (Å²) in [6, 6.07) is -0.370. The van der Waals surface area contributed by atoms with Crippen LogP contribution in [0, 0.1) is 17.3 Å². The highest BCUT2D eigenvalue weighted by atomic mass is 16.2. The van der Waals surface area contributed by atoms with Gasteiger partial charge in [-0.1, -0.05) is 66.2 Å². The molecule has 2 unspecified atom stereocenters. The molecule has 0 aromatic carbocycles. The number of ketones is 1. The van der Waals surface area contributed by atoms with Crippen molar-refractivity contribution in [2.45, 2.75) is 154 Å². The number of likely N-dealkylation sites (tertiary alicyclic amines) is 1. The molecule has 5 amide bonds. The Balaban J connectivity index is 1.37. The Kier molecular flexibility index (Phi) is 11.9. The zero-order valence-electron chi connectivity index (χ0n) is 29.6. The van der Waals surface area contributed by atoms with Gasteiger partial charge in [-0.3, -0.25) is 28.8 Å². The van der Waals surface area contributed by atoms with Gasteiger partial charge in [-0.05, 0) is 80.8 Å². The van der Waals surface area contributed by atoms with Crippen molar-refractivity contribution in [3.63, 3.8) is 0 Å². The summed E-state index contributed by atoms with van der Waals surface area (Å²) in [4.78, 5) is 86.6. The predicted molar refractivity (Wildman–Crippen MR) is 184 cm³/mol. The molecule has 1 aromatic heterocycles. The first-order valence-corrected chi connectivity index (χ1v) is 18.6. The van der Waals surface area contributed by atoms with E-state index in [0.29, 0.717) is 25.0 Å². The summed E-state index contributed by atoms with van der Waals surface area (Å²) in [5, 5.41) is 11.6. The minimum atomic E-state index is -0.978. The van der Waals surface area contributed by atoms with Crippen LogP contribution in [-0.2, 0) is 24.0 Å². The van der Waals surface area contributed by atoms with E-state index in [1.807, 2.05) is 27.7 Å². The van der Waals surface area contributed by atoms with E-state index in [0.717, 1.165) is 70.6 Å². The second-order valence-electron chi connectivity index (χ2n) is 15.8. The topological polar surface area (TPSA) is 170 Å². The Hall–Kier alpha value is -3.70. The molecule has 4 fully saturated rings. The predicted octanol–water partition coefficient (Wildman–Crippen LogP) is 3.52. The van der Waals surface area contributed by atoms with Gasteiger partial charge >= 0.3 is 0 Å². The first kappa shape index (κ1) is 36.6. The standard InChI is InChI=1S/C37H56N6O6/c1-5-12-25(30(44)35(48)39-24-18-19-24)40-33(46)28-21-23-15-9-10-17-27(23)43(28)36(49)31(37(2,3)4)42-34(47)29(22-13-7-6-8-14-22)41-32(45)26-16-11-20-38-26/h11,16,20,22-25,27-29,31,38H,5-10,12-15,17-19,21H2,1-4H3,(H,39,48)(H,40,46)(H,41,45)(H,42,47)/t23?,25-,27?,28+,29-,31+/m0/s1. The Labute approximate surface area is 290 Å². The summed E-state index contributed by atoms with van der Waals surface area (Å²) in [5.41, 5.74) is -0.362. The number of carbonyl (C=O) groups is 6. The van der Waals surface area contributed by atoms with Gasteiger partial charge < -0.3 is 31.2 Å². The van der Waals surface area contributed by atoms with E-state index in [2.05, 4.69) is 26.3 Å². The van der Waals surface area contributed by atoms with Crippen LogP contribution in [0.15, 0.2) is 18.3 Å². The molecule has 2 heterocycles. The van der Waals surface area contributed by atoms with E-state index >= 15 is 0 Å². The fraction of sp³-hybridized carbons (Fsp3) is 0.730. The van der Waals surface area contributed by atoms with Crippen LogP contribution < -0.4 is 21.3 Å². The van der Waals surface area contributed by atoms with Crippen molar-refractivity contribution in [3.8, 4) is 0 Å². The highest BCUT2D eigenvalue weighted by Gasteiger charge is 2.51. The molecule has 3 aliphatic carbocycles. The molecular formula is C37H56N6O6. The van der Waals surface area contributed by atoms with Crippen LogP contribution in [0.5, 0.6) is 0 Å². The second-order valence-corrected chi connectivity index (χ2v) is 15.8. The number of rotatable bonds is 13. The van der Waals surface area contributed by atoms with E-state index in [9.17, 15) is 28.8 Å². The third-order valence-corrected chi connectivity index (χ3v) is 10.9. The van der Waals surface area contributed by atoms with E-state index in [1.54, 1.807) is 23.2 Å². The minimum Gasteiger partial charge on any atom is -0.357 e. The average Bonchev–Trinajstić information content (AvgIpc) is 3.55. The van der Waals surface area contributed by atoms with Crippen LogP contribution in [0.25, 0.3) is 0 Å². The quantitative estimate of drug-likeness (QED) is 0.200. The molecule has 0 spiro atoms. The highest BCUT2D eigenvalue weighted by molar-refractivity contribution is 6.38. The van der Waals surface area contributed by atoms with E-state index < -0.39 is 53.1 Å². The van der Waals surface area contributed by atoms with Crippen molar-refractivity contribution in [2.24, 2.45) is 17.3 Å². The molecule has 49 heavy (non-hydrogen) atoms. The van der Waals surface area contributed by atoms with Crippen LogP contribution in [-0.4, -0.2) is 81.5 Å². The maximum Gasteiger partial charge on any atom is 0.289 e. The van der Waals surface area contributed by atoms with Gasteiger partial charge in [-0.25, -0.2) is 0 Å². The van der Waals surface area contributed by atoms with Gasteiger partial charge in [-0.15, -0.1) is 0 Å². The van der Waals surface area contributed by atoms with E-state index in [1.165, 1.54) is 0 Å². The number of amides is 5. The number of aromatic amines is 1. The summed E-state index contributed by atoms with van der Waals surface area (Å²) in [6.45, 7) is 7.56. The zero-order chi connectivity index (χ0) is 35.3. The fourth-order valence-corrected chi connectivity index (χ4v) is 8.06. The van der Waals surface area contributed by atoms with Crippen LogP contribution in [0.2, 0.25) is 0 Å². The van der Waals surface area contributed by atoms with Gasteiger partial charge in [0, 0.05) is 18.3 Å². The van der Waals surface area contributed by atoms with Crippen molar-refractivity contribution in [2.75, 3.05) is 0 Å². The highest BCUT2D eigenvalue weighted by Crippen LogP contribution is 2.41. The average molecular weight is 681 g/mol. The number of H-pyrrole nitrogens is 1. The molecule has 0 bridgehead atoms. The Bertz CT molecular complexity index is 1360. The Morgan fingerprint density at radius 3 is 2.22 bits per heavy atom. The van der Waals surface area contributed by atoms with Crippen LogP contribution in [0.3, 0.4) is 0 Å². The fourth-order valence-electron chi connectivity index (χ4n) is 8.06. The molecule has 1 aromatic rings. The SMILES string of the molecule is CCC[C@H](NC(=O)[C@H]1CC2CCCCC2N1C(=O)[C@@H](NC(=O)[C@@H](NC(=O)c1ccc[nH]1)C1CCCCC1)C(C)(C)C)C(=O)C(=O)NC1CC1. The van der Waals surface area contributed by atoms with Gasteiger partial charge in [0.25, 0.3) is 11.8 Å². The van der Waals surface area contributed by atoms with Crippen molar-refractivity contribution in [3.05, 3.63) is 24.0 Å². The normalized spacial score (nSPS) is 24.6. The van der Waals surface area contributed by atoms with Gasteiger partial charge in [0.05, 0.1) is 6.04 Å².